The molecule has 3 rings (SSSR count). The van der Waals surface area contributed by atoms with Crippen LogP contribution in [0.5, 0.6) is 0 Å². The van der Waals surface area contributed by atoms with Crippen molar-refractivity contribution in [3.8, 4) is 0 Å². The Bertz CT molecular complexity index is 789. The van der Waals surface area contributed by atoms with Gasteiger partial charge in [-0.3, -0.25) is 0 Å². The third-order valence-corrected chi connectivity index (χ3v) is 5.13. The first-order valence-corrected chi connectivity index (χ1v) is 9.57. The van der Waals surface area contributed by atoms with E-state index in [-0.39, 0.29) is 0 Å². The molecule has 0 unspecified atom stereocenters. The summed E-state index contributed by atoms with van der Waals surface area (Å²) >= 11 is 5.22. The van der Waals surface area contributed by atoms with Crippen LogP contribution in [0.25, 0.3) is 0 Å². The molecule has 0 aliphatic heterocycles. The number of hydrogen-bond donors (Lipinski definition) is 1. The van der Waals surface area contributed by atoms with Gasteiger partial charge in [-0.25, -0.2) is 0 Å². The van der Waals surface area contributed by atoms with Gasteiger partial charge in [-0.05, 0) is 29.8 Å². The van der Waals surface area contributed by atoms with Crippen molar-refractivity contribution in [1.29, 1.82) is 0 Å². The number of nitrogens with zero attached hydrogens (tertiary/aromatic N) is 3. The van der Waals surface area contributed by atoms with E-state index in [1.165, 1.54) is 11.1 Å². The second kappa shape index (κ2) is 8.46. The van der Waals surface area contributed by atoms with Crippen molar-refractivity contribution in [1.82, 2.24) is 14.8 Å². The Kier molecular flexibility index (Phi) is 6.07. The van der Waals surface area contributed by atoms with Gasteiger partial charge in [-0.15, -0.1) is 10.2 Å². The molecule has 0 atom stereocenters. The number of aromatic nitrogens is 3. The number of rotatable bonds is 7. The molecule has 3 aromatic rings. The molecule has 0 aliphatic carbocycles. The van der Waals surface area contributed by atoms with Gasteiger partial charge in [0.1, 0.15) is 5.82 Å². The largest absolute Gasteiger partial charge is 0.330 e. The average molecular weight is 403 g/mol. The maximum Gasteiger partial charge on any atom is 0.191 e. The van der Waals surface area contributed by atoms with Gasteiger partial charge in [0.05, 0.1) is 6.54 Å². The summed E-state index contributed by atoms with van der Waals surface area (Å²) in [6.45, 7) is 1.34. The van der Waals surface area contributed by atoms with E-state index in [1.54, 1.807) is 11.8 Å². The summed E-state index contributed by atoms with van der Waals surface area (Å²) in [5, 5.41) is 9.64. The first-order chi connectivity index (χ1) is 11.8. The number of hydrogen-bond acceptors (Lipinski definition) is 4. The first kappa shape index (κ1) is 17.2. The van der Waals surface area contributed by atoms with Crippen LogP contribution >= 0.6 is 27.7 Å². The molecule has 0 fully saturated rings. The third-order valence-electron chi connectivity index (χ3n) is 3.60. The minimum atomic E-state index is 0.573. The molecule has 0 bridgehead atoms. The zero-order valence-electron chi connectivity index (χ0n) is 13.2. The van der Waals surface area contributed by atoms with E-state index in [2.05, 4.69) is 73.2 Å². The van der Waals surface area contributed by atoms with E-state index in [9.17, 15) is 0 Å². The van der Waals surface area contributed by atoms with Crippen molar-refractivity contribution in [2.45, 2.75) is 23.9 Å². The highest BCUT2D eigenvalue weighted by Crippen LogP contribution is 2.24. The van der Waals surface area contributed by atoms with Crippen molar-refractivity contribution in [3.63, 3.8) is 0 Å². The van der Waals surface area contributed by atoms with Crippen LogP contribution in [0.4, 0.5) is 0 Å². The molecule has 2 N–H and O–H groups in total. The van der Waals surface area contributed by atoms with E-state index >= 15 is 0 Å². The fourth-order valence-corrected chi connectivity index (χ4v) is 3.79. The molecule has 24 heavy (non-hydrogen) atoms. The Morgan fingerprint density at radius 1 is 1.00 bits per heavy atom. The van der Waals surface area contributed by atoms with Gasteiger partial charge < -0.3 is 10.3 Å². The maximum atomic E-state index is 5.72. The Morgan fingerprint density at radius 3 is 2.54 bits per heavy atom. The van der Waals surface area contributed by atoms with Crippen molar-refractivity contribution >= 4 is 27.7 Å². The summed E-state index contributed by atoms with van der Waals surface area (Å²) in [5.74, 6) is 1.80. The zero-order chi connectivity index (χ0) is 16.8. The number of benzene rings is 2. The van der Waals surface area contributed by atoms with Crippen LogP contribution in [-0.2, 0) is 18.7 Å². The maximum absolute atomic E-state index is 5.72. The molecule has 2 aromatic carbocycles. The Labute approximate surface area is 154 Å². The van der Waals surface area contributed by atoms with Crippen molar-refractivity contribution in [3.05, 3.63) is 76.0 Å². The van der Waals surface area contributed by atoms with Gasteiger partial charge in [0.2, 0.25) is 0 Å². The molecule has 0 saturated heterocycles. The lowest BCUT2D eigenvalue weighted by Gasteiger charge is -2.10. The summed E-state index contributed by atoms with van der Waals surface area (Å²) in [6.07, 6.45) is 0.733. The smallest absolute Gasteiger partial charge is 0.191 e. The molecule has 4 nitrogen and oxygen atoms in total. The minimum Gasteiger partial charge on any atom is -0.330 e. The van der Waals surface area contributed by atoms with Gasteiger partial charge in [0.25, 0.3) is 0 Å². The van der Waals surface area contributed by atoms with E-state index in [4.69, 9.17) is 5.73 Å². The molecule has 1 heterocycles. The van der Waals surface area contributed by atoms with Crippen LogP contribution < -0.4 is 5.73 Å². The summed E-state index contributed by atoms with van der Waals surface area (Å²) in [6, 6.07) is 18.7. The SMILES string of the molecule is NCCc1nnc(SCc2cccc(Br)c2)n1Cc1ccccc1. The fourth-order valence-electron chi connectivity index (χ4n) is 2.44. The fraction of sp³-hybridized carbons (Fsp3) is 0.222. The monoisotopic (exact) mass is 402 g/mol. The highest BCUT2D eigenvalue weighted by atomic mass is 79.9. The molecular formula is C18H19BrN4S. The zero-order valence-corrected chi connectivity index (χ0v) is 15.6. The highest BCUT2D eigenvalue weighted by Gasteiger charge is 2.13. The van der Waals surface area contributed by atoms with Crippen molar-refractivity contribution in [2.75, 3.05) is 6.54 Å². The second-order valence-corrected chi connectivity index (χ2v) is 7.29. The standard InChI is InChI=1S/C18H19BrN4S/c19-16-8-4-7-15(11-16)13-24-18-22-21-17(9-10-20)23(18)12-14-5-2-1-3-6-14/h1-8,11H,9-10,12-13,20H2. The average Bonchev–Trinajstić information content (AvgIpc) is 2.96. The molecule has 0 spiro atoms. The number of nitrogens with two attached hydrogens (primary N) is 1. The van der Waals surface area contributed by atoms with Crippen molar-refractivity contribution in [2.24, 2.45) is 5.73 Å². The molecule has 0 radical (unpaired) electrons. The Hall–Kier alpha value is -1.63. The second-order valence-electron chi connectivity index (χ2n) is 5.43. The van der Waals surface area contributed by atoms with Crippen LogP contribution in [0.2, 0.25) is 0 Å². The first-order valence-electron chi connectivity index (χ1n) is 7.79. The van der Waals surface area contributed by atoms with Gasteiger partial charge in [-0.1, -0.05) is 70.2 Å². The summed E-state index contributed by atoms with van der Waals surface area (Å²) in [7, 11) is 0. The molecule has 0 amide bonds. The molecular weight excluding hydrogens is 384 g/mol. The number of halogens is 1. The normalized spacial score (nSPS) is 10.9. The van der Waals surface area contributed by atoms with E-state index < -0.39 is 0 Å². The summed E-state index contributed by atoms with van der Waals surface area (Å²) < 4.78 is 3.26. The molecule has 124 valence electrons. The van der Waals surface area contributed by atoms with Gasteiger partial charge in [0, 0.05) is 16.6 Å². The van der Waals surface area contributed by atoms with Gasteiger partial charge in [-0.2, -0.15) is 0 Å². The van der Waals surface area contributed by atoms with E-state index in [1.807, 2.05) is 12.1 Å². The Morgan fingerprint density at radius 2 is 1.79 bits per heavy atom. The van der Waals surface area contributed by atoms with E-state index in [0.717, 1.165) is 34.2 Å². The highest BCUT2D eigenvalue weighted by molar-refractivity contribution is 9.10. The molecule has 1 aromatic heterocycles. The summed E-state index contributed by atoms with van der Waals surface area (Å²) in [5.41, 5.74) is 8.21. The molecule has 0 saturated carbocycles. The lowest BCUT2D eigenvalue weighted by molar-refractivity contribution is 0.663. The summed E-state index contributed by atoms with van der Waals surface area (Å²) in [4.78, 5) is 0. The van der Waals surface area contributed by atoms with Crippen LogP contribution in [-0.4, -0.2) is 21.3 Å². The third kappa shape index (κ3) is 4.47. The molecule has 6 heteroatoms. The van der Waals surface area contributed by atoms with Crippen LogP contribution in [0.1, 0.15) is 17.0 Å². The van der Waals surface area contributed by atoms with Gasteiger partial charge in [0.15, 0.2) is 5.16 Å². The lowest BCUT2D eigenvalue weighted by atomic mass is 10.2. The number of thioether (sulfide) groups is 1. The predicted molar refractivity (Wildman–Crippen MR) is 102 cm³/mol. The van der Waals surface area contributed by atoms with E-state index in [0.29, 0.717) is 6.54 Å². The quantitative estimate of drug-likeness (QED) is 0.609. The van der Waals surface area contributed by atoms with Gasteiger partial charge >= 0.3 is 0 Å². The lowest BCUT2D eigenvalue weighted by Crippen LogP contribution is -2.11. The van der Waals surface area contributed by atoms with Crippen LogP contribution in [0.15, 0.2) is 64.2 Å². The molecule has 0 aliphatic rings. The minimum absolute atomic E-state index is 0.573. The predicted octanol–water partition coefficient (Wildman–Crippen LogP) is 3.88. The van der Waals surface area contributed by atoms with Crippen molar-refractivity contribution < 1.29 is 0 Å². The Balaban J connectivity index is 1.79. The van der Waals surface area contributed by atoms with Crippen LogP contribution in [0, 0.1) is 0 Å². The van der Waals surface area contributed by atoms with Crippen LogP contribution in [0.3, 0.4) is 0 Å². The topological polar surface area (TPSA) is 56.7 Å².